The Morgan fingerprint density at radius 1 is 1.47 bits per heavy atom. The van der Waals surface area contributed by atoms with Gasteiger partial charge in [0, 0.05) is 12.3 Å². The fraction of sp³-hybridized carbons (Fsp3) is 0.500. The maximum absolute atomic E-state index is 11.5. The second-order valence-corrected chi connectivity index (χ2v) is 4.37. The Balaban J connectivity index is 2.45. The summed E-state index contributed by atoms with van der Waals surface area (Å²) in [7, 11) is 0. The van der Waals surface area contributed by atoms with Gasteiger partial charge in [0.05, 0.1) is 0 Å². The van der Waals surface area contributed by atoms with Crippen LogP contribution >= 0.6 is 0 Å². The first-order chi connectivity index (χ1) is 8.77. The number of rotatable bonds is 2. The van der Waals surface area contributed by atoms with E-state index in [2.05, 4.69) is 0 Å². The largest absolute Gasteiger partial charge is 0.479 e. The Kier molecular flexibility index (Phi) is 3.04. The zero-order valence-electron chi connectivity index (χ0n) is 9.81. The number of carbonyl (C=O) groups is 1. The van der Waals surface area contributed by atoms with Crippen molar-refractivity contribution in [2.75, 3.05) is 0 Å². The van der Waals surface area contributed by atoms with Crippen molar-refractivity contribution in [3.63, 3.8) is 0 Å². The van der Waals surface area contributed by atoms with Crippen LogP contribution in [-0.4, -0.2) is 48.6 Å². The lowest BCUT2D eigenvalue weighted by Gasteiger charge is -2.21. The summed E-state index contributed by atoms with van der Waals surface area (Å²) < 4.78 is 5.89. The van der Waals surface area contributed by atoms with Crippen LogP contribution in [0.1, 0.15) is 13.2 Å². The molecular weight excluding hydrogens is 260 g/mol. The average molecular weight is 272 g/mol. The molecule has 1 fully saturated rings. The van der Waals surface area contributed by atoms with E-state index >= 15 is 0 Å². The Labute approximate surface area is 105 Å². The molecule has 0 aromatic carbocycles. The van der Waals surface area contributed by atoms with Gasteiger partial charge in [-0.05, 0) is 6.92 Å². The van der Waals surface area contributed by atoms with E-state index in [0.717, 1.165) is 23.8 Å². The summed E-state index contributed by atoms with van der Waals surface area (Å²) in [6.07, 6.45) is -3.69. The van der Waals surface area contributed by atoms with E-state index in [1.807, 2.05) is 4.98 Å². The van der Waals surface area contributed by atoms with Crippen LogP contribution in [0.15, 0.2) is 21.9 Å². The number of nitrogens with one attached hydrogen (secondary N) is 1. The smallest absolute Gasteiger partial charge is 0.338 e. The molecule has 4 N–H and O–H groups in total. The fourth-order valence-corrected chi connectivity index (χ4v) is 1.90. The summed E-state index contributed by atoms with van der Waals surface area (Å²) >= 11 is 0. The predicted molar refractivity (Wildman–Crippen MR) is 59.5 cm³/mol. The molecule has 0 radical (unpaired) electrons. The van der Waals surface area contributed by atoms with E-state index in [-0.39, 0.29) is 0 Å². The van der Waals surface area contributed by atoms with Gasteiger partial charge >= 0.3 is 11.7 Å². The van der Waals surface area contributed by atoms with Crippen molar-refractivity contribution < 1.29 is 24.9 Å². The molecule has 0 spiro atoms. The molecule has 0 amide bonds. The van der Waals surface area contributed by atoms with Crippen LogP contribution in [0.3, 0.4) is 0 Å². The molecule has 1 aromatic rings. The quantitative estimate of drug-likeness (QED) is 0.471. The van der Waals surface area contributed by atoms with Gasteiger partial charge < -0.3 is 20.1 Å². The minimum Gasteiger partial charge on any atom is -0.479 e. The third-order valence-electron chi connectivity index (χ3n) is 3.10. The number of carboxylic acid groups (broad SMARTS) is 1. The number of aromatic amines is 1. The maximum atomic E-state index is 11.5. The summed E-state index contributed by atoms with van der Waals surface area (Å²) in [4.78, 5) is 35.5. The van der Waals surface area contributed by atoms with Gasteiger partial charge in [-0.2, -0.15) is 0 Å². The van der Waals surface area contributed by atoms with E-state index < -0.39 is 41.3 Å². The maximum Gasteiger partial charge on any atom is 0.338 e. The van der Waals surface area contributed by atoms with Gasteiger partial charge in [0.1, 0.15) is 12.2 Å². The highest BCUT2D eigenvalue weighted by Gasteiger charge is 2.57. The van der Waals surface area contributed by atoms with Crippen molar-refractivity contribution in [3.05, 3.63) is 33.1 Å². The number of nitrogens with zero attached hydrogens (tertiary/aromatic N) is 1. The van der Waals surface area contributed by atoms with Gasteiger partial charge in [-0.25, -0.2) is 9.59 Å². The van der Waals surface area contributed by atoms with Gasteiger partial charge in [0.25, 0.3) is 5.56 Å². The summed E-state index contributed by atoms with van der Waals surface area (Å²) in [5.41, 5.74) is -3.56. The molecule has 0 bridgehead atoms. The summed E-state index contributed by atoms with van der Waals surface area (Å²) in [5, 5.41) is 28.5. The van der Waals surface area contributed by atoms with Crippen molar-refractivity contribution in [1.29, 1.82) is 0 Å². The standard InChI is InChI=1S/C10H12N2O7/c1-10(8(16)17)6(15)5(14)7(19-10)12-3-2-4(13)11-9(12)18/h2-3,5-7,14-15H,1H3,(H,16,17)(H,11,13,18)/t5-,6+,7-,10-/m1/s1. The lowest BCUT2D eigenvalue weighted by Crippen LogP contribution is -2.47. The number of aliphatic hydroxyl groups is 2. The van der Waals surface area contributed by atoms with Crippen LogP contribution in [-0.2, 0) is 9.53 Å². The van der Waals surface area contributed by atoms with Crippen LogP contribution in [0, 0.1) is 0 Å². The molecule has 9 nitrogen and oxygen atoms in total. The summed E-state index contributed by atoms with van der Waals surface area (Å²) in [6, 6.07) is 1.01. The Hall–Kier alpha value is -1.97. The molecule has 1 aliphatic heterocycles. The Bertz CT molecular complexity index is 621. The first kappa shape index (κ1) is 13.5. The molecule has 1 aliphatic rings. The molecule has 19 heavy (non-hydrogen) atoms. The fourth-order valence-electron chi connectivity index (χ4n) is 1.90. The van der Waals surface area contributed by atoms with Crippen LogP contribution in [0.2, 0.25) is 0 Å². The lowest BCUT2D eigenvalue weighted by atomic mass is 9.98. The zero-order valence-corrected chi connectivity index (χ0v) is 9.81. The highest BCUT2D eigenvalue weighted by Crippen LogP contribution is 2.36. The molecule has 104 valence electrons. The van der Waals surface area contributed by atoms with Crippen molar-refractivity contribution in [3.8, 4) is 0 Å². The number of aliphatic hydroxyl groups excluding tert-OH is 2. The molecule has 2 rings (SSSR count). The highest BCUT2D eigenvalue weighted by atomic mass is 16.6. The number of aromatic nitrogens is 2. The number of H-pyrrole nitrogens is 1. The first-order valence-electron chi connectivity index (χ1n) is 5.36. The Morgan fingerprint density at radius 2 is 2.11 bits per heavy atom. The van der Waals surface area contributed by atoms with E-state index in [9.17, 15) is 24.6 Å². The molecule has 0 saturated carbocycles. The minimum atomic E-state index is -2.04. The van der Waals surface area contributed by atoms with Gasteiger partial charge in [-0.3, -0.25) is 14.3 Å². The highest BCUT2D eigenvalue weighted by molar-refractivity contribution is 5.78. The van der Waals surface area contributed by atoms with Crippen molar-refractivity contribution in [2.24, 2.45) is 0 Å². The van der Waals surface area contributed by atoms with Crippen molar-refractivity contribution in [2.45, 2.75) is 31.0 Å². The molecule has 1 aromatic heterocycles. The van der Waals surface area contributed by atoms with Gasteiger partial charge in [0.2, 0.25) is 0 Å². The number of carboxylic acids is 1. The van der Waals surface area contributed by atoms with Crippen LogP contribution in [0.5, 0.6) is 0 Å². The van der Waals surface area contributed by atoms with E-state index in [0.29, 0.717) is 0 Å². The van der Waals surface area contributed by atoms with Crippen molar-refractivity contribution >= 4 is 5.97 Å². The molecular formula is C10H12N2O7. The van der Waals surface area contributed by atoms with Crippen LogP contribution in [0.25, 0.3) is 0 Å². The molecule has 1 saturated heterocycles. The van der Waals surface area contributed by atoms with E-state index in [1.165, 1.54) is 0 Å². The number of ether oxygens (including phenoxy) is 1. The minimum absolute atomic E-state index is 0.643. The number of aliphatic carboxylic acids is 1. The zero-order chi connectivity index (χ0) is 14.4. The topological polar surface area (TPSA) is 142 Å². The van der Waals surface area contributed by atoms with Gasteiger partial charge in [-0.1, -0.05) is 0 Å². The third kappa shape index (κ3) is 1.97. The monoisotopic (exact) mass is 272 g/mol. The van der Waals surface area contributed by atoms with Crippen molar-refractivity contribution in [1.82, 2.24) is 9.55 Å². The average Bonchev–Trinajstić information content (AvgIpc) is 2.55. The second kappa shape index (κ2) is 4.30. The predicted octanol–water partition coefficient (Wildman–Crippen LogP) is -2.37. The number of hydrogen-bond acceptors (Lipinski definition) is 6. The molecule has 9 heteroatoms. The second-order valence-electron chi connectivity index (χ2n) is 4.37. The SMILES string of the molecule is C[C@@]1(C(=O)O)O[C@@H](n2ccc(=O)[nH]c2=O)[C@H](O)[C@@H]1O. The van der Waals surface area contributed by atoms with Gasteiger partial charge in [0.15, 0.2) is 11.8 Å². The first-order valence-corrected chi connectivity index (χ1v) is 5.36. The summed E-state index contributed by atoms with van der Waals surface area (Å²) in [5.74, 6) is -1.47. The van der Waals surface area contributed by atoms with Crippen LogP contribution in [0.4, 0.5) is 0 Å². The van der Waals surface area contributed by atoms with Gasteiger partial charge in [-0.15, -0.1) is 0 Å². The molecule has 4 atom stereocenters. The van der Waals surface area contributed by atoms with Crippen LogP contribution < -0.4 is 11.2 Å². The van der Waals surface area contributed by atoms with E-state index in [1.54, 1.807) is 0 Å². The summed E-state index contributed by atoms with van der Waals surface area (Å²) in [6.45, 7) is 1.08. The normalized spacial score (nSPS) is 34.4. The lowest BCUT2D eigenvalue weighted by molar-refractivity contribution is -0.173. The molecule has 0 aliphatic carbocycles. The number of hydrogen-bond donors (Lipinski definition) is 4. The third-order valence-corrected chi connectivity index (χ3v) is 3.10. The van der Waals surface area contributed by atoms with E-state index in [4.69, 9.17) is 9.84 Å². The Morgan fingerprint density at radius 3 is 2.58 bits per heavy atom. The molecule has 2 heterocycles. The molecule has 0 unspecified atom stereocenters.